The third kappa shape index (κ3) is 6.97. The largest absolute Gasteiger partial charge is 0.415 e. The number of benzene rings is 2. The molecule has 7 heteroatoms. The number of hydrogen-bond donors (Lipinski definition) is 1. The van der Waals surface area contributed by atoms with Crippen LogP contribution in [0.2, 0.25) is 18.1 Å². The van der Waals surface area contributed by atoms with Crippen LogP contribution in [0.25, 0.3) is 0 Å². The number of para-hydroxylation sites is 1. The maximum atomic E-state index is 13.8. The molecule has 2 heterocycles. The number of piperidine rings is 1. The number of amides is 1. The van der Waals surface area contributed by atoms with Crippen LogP contribution in [0.15, 0.2) is 36.4 Å². The van der Waals surface area contributed by atoms with Crippen molar-refractivity contribution in [2.75, 3.05) is 44.2 Å². The van der Waals surface area contributed by atoms with Gasteiger partial charge in [-0.2, -0.15) is 5.26 Å². The molecule has 2 fully saturated rings. The Morgan fingerprint density at radius 3 is 2.48 bits per heavy atom. The number of carbonyl (C=O) groups is 1. The van der Waals surface area contributed by atoms with E-state index in [0.29, 0.717) is 19.1 Å². The van der Waals surface area contributed by atoms with Gasteiger partial charge in [0.2, 0.25) is 0 Å². The third-order valence-electron chi connectivity index (χ3n) is 9.40. The quantitative estimate of drug-likeness (QED) is 0.416. The van der Waals surface area contributed by atoms with Crippen molar-refractivity contribution in [3.05, 3.63) is 64.2 Å². The van der Waals surface area contributed by atoms with E-state index in [1.54, 1.807) is 0 Å². The molecule has 2 aromatic rings. The van der Waals surface area contributed by atoms with E-state index in [0.717, 1.165) is 67.8 Å². The second-order valence-electron chi connectivity index (χ2n) is 13.3. The highest BCUT2D eigenvalue weighted by Gasteiger charge is 2.38. The van der Waals surface area contributed by atoms with Crippen LogP contribution < -0.4 is 10.2 Å². The van der Waals surface area contributed by atoms with Crippen molar-refractivity contribution >= 4 is 19.9 Å². The van der Waals surface area contributed by atoms with Crippen molar-refractivity contribution in [2.24, 2.45) is 5.92 Å². The van der Waals surface area contributed by atoms with Gasteiger partial charge in [0.05, 0.1) is 17.9 Å². The molecule has 0 radical (unpaired) electrons. The average Bonchev–Trinajstić information content (AvgIpc) is 2.93. The Morgan fingerprint density at radius 2 is 1.80 bits per heavy atom. The van der Waals surface area contributed by atoms with Crippen molar-refractivity contribution in [3.63, 3.8) is 0 Å². The van der Waals surface area contributed by atoms with Gasteiger partial charge in [-0.25, -0.2) is 0 Å². The van der Waals surface area contributed by atoms with Crippen LogP contribution in [-0.2, 0) is 10.8 Å². The molecular weight excluding hydrogens is 512 g/mol. The second-order valence-corrected chi connectivity index (χ2v) is 18.1. The Balaban J connectivity index is 1.39. The first-order valence-electron chi connectivity index (χ1n) is 14.9. The van der Waals surface area contributed by atoms with Crippen LogP contribution in [0.5, 0.6) is 0 Å². The summed E-state index contributed by atoms with van der Waals surface area (Å²) in [5.74, 6) is 0.714. The van der Waals surface area contributed by atoms with E-state index < -0.39 is 8.32 Å². The minimum atomic E-state index is -1.84. The molecule has 0 unspecified atom stereocenters. The normalized spacial score (nSPS) is 19.0. The Bertz CT molecular complexity index is 1240. The zero-order valence-corrected chi connectivity index (χ0v) is 26.6. The van der Waals surface area contributed by atoms with Crippen LogP contribution in [0.4, 0.5) is 5.69 Å². The van der Waals surface area contributed by atoms with Gasteiger partial charge in [-0.15, -0.1) is 0 Å². The van der Waals surface area contributed by atoms with Gasteiger partial charge in [0.15, 0.2) is 8.32 Å². The lowest BCUT2D eigenvalue weighted by molar-refractivity contribution is 0.0673. The van der Waals surface area contributed by atoms with Gasteiger partial charge < -0.3 is 19.5 Å². The molecule has 2 saturated heterocycles. The fraction of sp³-hybridized carbons (Fsp3) is 0.576. The first-order valence-corrected chi connectivity index (χ1v) is 17.8. The standard InChI is InChI=1S/C33H48N4O2Si/c1-24-18-25(2)30(32(38)37-17-14-35-29(22-37)23-39-40(6,7)33(3,4)5)20-28(24)19-26-12-15-36(16-13-26)31-11-9-8-10-27(31)21-34/h8-11,18,20,26,29,35H,12-17,19,22-23H2,1-7H3/t29-/m0/s1. The van der Waals surface area contributed by atoms with Gasteiger partial charge >= 0.3 is 0 Å². The Labute approximate surface area is 242 Å². The Kier molecular flexibility index (Phi) is 9.44. The van der Waals surface area contributed by atoms with Gasteiger partial charge in [0, 0.05) is 44.3 Å². The molecule has 0 aliphatic carbocycles. The predicted octanol–water partition coefficient (Wildman–Crippen LogP) is 6.07. The number of nitrogens with one attached hydrogen (secondary N) is 1. The minimum absolute atomic E-state index is 0.139. The number of anilines is 1. The number of nitrogens with zero attached hydrogens (tertiary/aromatic N) is 3. The number of piperazine rings is 1. The summed E-state index contributed by atoms with van der Waals surface area (Å²) >= 11 is 0. The van der Waals surface area contributed by atoms with Crippen molar-refractivity contribution in [1.82, 2.24) is 10.2 Å². The highest BCUT2D eigenvalue weighted by molar-refractivity contribution is 6.74. The molecule has 4 rings (SSSR count). The molecule has 1 amide bonds. The van der Waals surface area contributed by atoms with Crippen LogP contribution >= 0.6 is 0 Å². The van der Waals surface area contributed by atoms with Gasteiger partial charge in [0.1, 0.15) is 6.07 Å². The molecular formula is C33H48N4O2Si. The number of carbonyl (C=O) groups excluding carboxylic acids is 1. The summed E-state index contributed by atoms with van der Waals surface area (Å²) in [7, 11) is -1.84. The summed E-state index contributed by atoms with van der Waals surface area (Å²) in [4.78, 5) is 18.1. The predicted molar refractivity (Wildman–Crippen MR) is 167 cm³/mol. The lowest BCUT2D eigenvalue weighted by Crippen LogP contribution is -2.56. The number of aryl methyl sites for hydroxylation is 2. The molecule has 0 spiro atoms. The van der Waals surface area contributed by atoms with Crippen LogP contribution in [0, 0.1) is 31.1 Å². The second kappa shape index (κ2) is 12.5. The first-order chi connectivity index (χ1) is 18.9. The lowest BCUT2D eigenvalue weighted by atomic mass is 9.86. The van der Waals surface area contributed by atoms with Crippen LogP contribution in [0.3, 0.4) is 0 Å². The van der Waals surface area contributed by atoms with Crippen molar-refractivity contribution < 1.29 is 9.22 Å². The van der Waals surface area contributed by atoms with Gasteiger partial charge in [-0.3, -0.25) is 4.79 Å². The number of hydrogen-bond acceptors (Lipinski definition) is 5. The summed E-state index contributed by atoms with van der Waals surface area (Å²) < 4.78 is 6.48. The monoisotopic (exact) mass is 560 g/mol. The van der Waals surface area contributed by atoms with E-state index in [-0.39, 0.29) is 17.0 Å². The van der Waals surface area contributed by atoms with Crippen molar-refractivity contribution in [1.29, 1.82) is 5.26 Å². The van der Waals surface area contributed by atoms with E-state index in [1.807, 2.05) is 23.1 Å². The van der Waals surface area contributed by atoms with Crippen LogP contribution in [0.1, 0.15) is 66.2 Å². The molecule has 0 bridgehead atoms. The molecule has 6 nitrogen and oxygen atoms in total. The first kappa shape index (κ1) is 30.3. The SMILES string of the molecule is Cc1cc(C)c(C(=O)N2CCN[C@H](CO[Si](C)(C)C(C)(C)C)C2)cc1CC1CCN(c2ccccc2C#N)CC1. The number of rotatable bonds is 7. The molecule has 40 heavy (non-hydrogen) atoms. The maximum absolute atomic E-state index is 13.8. The number of nitriles is 1. The molecule has 1 N–H and O–H groups in total. The highest BCUT2D eigenvalue weighted by Crippen LogP contribution is 2.36. The van der Waals surface area contributed by atoms with E-state index in [1.165, 1.54) is 11.1 Å². The van der Waals surface area contributed by atoms with Crippen molar-refractivity contribution in [3.8, 4) is 6.07 Å². The van der Waals surface area contributed by atoms with Gasteiger partial charge in [0.25, 0.3) is 5.91 Å². The van der Waals surface area contributed by atoms with E-state index in [2.05, 4.69) is 82.2 Å². The fourth-order valence-corrected chi connectivity index (χ4v) is 6.75. The van der Waals surface area contributed by atoms with Gasteiger partial charge in [-0.1, -0.05) is 39.0 Å². The Hall–Kier alpha value is -2.66. The third-order valence-corrected chi connectivity index (χ3v) is 13.9. The fourth-order valence-electron chi connectivity index (χ4n) is 5.70. The maximum Gasteiger partial charge on any atom is 0.254 e. The van der Waals surface area contributed by atoms with Crippen molar-refractivity contribution in [2.45, 2.75) is 78.1 Å². The zero-order chi connectivity index (χ0) is 29.1. The molecule has 0 aromatic heterocycles. The summed E-state index contributed by atoms with van der Waals surface area (Å²) in [5.41, 5.74) is 6.26. The molecule has 2 aliphatic rings. The summed E-state index contributed by atoms with van der Waals surface area (Å²) in [6.45, 7) is 20.4. The minimum Gasteiger partial charge on any atom is -0.415 e. The lowest BCUT2D eigenvalue weighted by Gasteiger charge is -2.39. The van der Waals surface area contributed by atoms with E-state index >= 15 is 0 Å². The average molecular weight is 561 g/mol. The van der Waals surface area contributed by atoms with Gasteiger partial charge in [-0.05, 0) is 92.0 Å². The summed E-state index contributed by atoms with van der Waals surface area (Å²) in [6, 6.07) is 14.8. The van der Waals surface area contributed by atoms with Crippen LogP contribution in [-0.4, -0.2) is 64.5 Å². The molecule has 2 aromatic carbocycles. The zero-order valence-electron chi connectivity index (χ0n) is 25.6. The summed E-state index contributed by atoms with van der Waals surface area (Å²) in [5, 5.41) is 13.2. The smallest absolute Gasteiger partial charge is 0.254 e. The van der Waals surface area contributed by atoms with E-state index in [9.17, 15) is 10.1 Å². The summed E-state index contributed by atoms with van der Waals surface area (Å²) in [6.07, 6.45) is 3.17. The topological polar surface area (TPSA) is 68.6 Å². The van der Waals surface area contributed by atoms with E-state index in [4.69, 9.17) is 4.43 Å². The molecule has 0 saturated carbocycles. The molecule has 1 atom stereocenters. The Morgan fingerprint density at radius 1 is 1.10 bits per heavy atom. The molecule has 216 valence electrons. The highest BCUT2D eigenvalue weighted by atomic mass is 28.4. The molecule has 2 aliphatic heterocycles.